The summed E-state index contributed by atoms with van der Waals surface area (Å²) in [6.07, 6.45) is 3.20. The largest absolute Gasteiger partial charge is 0.344 e. The molecule has 7 heteroatoms. The first-order chi connectivity index (χ1) is 13.3. The van der Waals surface area contributed by atoms with Crippen molar-refractivity contribution in [2.75, 3.05) is 11.9 Å². The highest BCUT2D eigenvalue weighted by Crippen LogP contribution is 2.16. The van der Waals surface area contributed by atoms with Gasteiger partial charge in [-0.05, 0) is 31.4 Å². The number of amides is 3. The molecule has 3 N–H and O–H groups in total. The molecule has 0 saturated heterocycles. The maximum Gasteiger partial charge on any atom is 0.247 e. The molecule has 0 heterocycles. The third kappa shape index (κ3) is 7.68. The summed E-state index contributed by atoms with van der Waals surface area (Å²) in [5.41, 5.74) is 1.76. The molecular formula is C21H33N3O4. The van der Waals surface area contributed by atoms with Gasteiger partial charge in [0.05, 0.1) is 12.5 Å². The Morgan fingerprint density at radius 2 is 1.82 bits per heavy atom. The van der Waals surface area contributed by atoms with Gasteiger partial charge in [0.15, 0.2) is 0 Å². The van der Waals surface area contributed by atoms with Crippen LogP contribution >= 0.6 is 0 Å². The molecule has 3 amide bonds. The smallest absolute Gasteiger partial charge is 0.247 e. The maximum atomic E-state index is 12.8. The molecule has 1 unspecified atom stereocenters. The van der Waals surface area contributed by atoms with Gasteiger partial charge in [-0.15, -0.1) is 0 Å². The van der Waals surface area contributed by atoms with Crippen LogP contribution in [-0.4, -0.2) is 41.1 Å². The van der Waals surface area contributed by atoms with E-state index in [0.29, 0.717) is 23.6 Å². The second-order valence-electron chi connectivity index (χ2n) is 7.29. The van der Waals surface area contributed by atoms with E-state index in [9.17, 15) is 19.6 Å². The Kier molecular flexibility index (Phi) is 10.2. The van der Waals surface area contributed by atoms with Gasteiger partial charge in [0.2, 0.25) is 18.2 Å². The quantitative estimate of drug-likeness (QED) is 0.290. The van der Waals surface area contributed by atoms with Crippen LogP contribution in [0.5, 0.6) is 0 Å². The molecule has 28 heavy (non-hydrogen) atoms. The van der Waals surface area contributed by atoms with Crippen LogP contribution in [0.4, 0.5) is 5.69 Å². The average Bonchev–Trinajstić information content (AvgIpc) is 2.69. The number of hydrogen-bond donors (Lipinski definition) is 3. The fourth-order valence-corrected chi connectivity index (χ4v) is 2.85. The second kappa shape index (κ2) is 12.1. The van der Waals surface area contributed by atoms with Crippen LogP contribution in [0.25, 0.3) is 0 Å². The summed E-state index contributed by atoms with van der Waals surface area (Å²) in [6, 6.07) is 6.75. The Labute approximate surface area is 167 Å². The molecular weight excluding hydrogens is 358 g/mol. The first-order valence-electron chi connectivity index (χ1n) is 9.91. The summed E-state index contributed by atoms with van der Waals surface area (Å²) in [5, 5.41) is 15.7. The maximum absolute atomic E-state index is 12.8. The lowest BCUT2D eigenvalue weighted by Crippen LogP contribution is -2.50. The van der Waals surface area contributed by atoms with E-state index >= 15 is 0 Å². The number of unbranched alkanes of at least 4 members (excludes halogenated alkanes) is 1. The Balaban J connectivity index is 2.88. The Bertz CT molecular complexity index is 633. The van der Waals surface area contributed by atoms with Gasteiger partial charge in [0.1, 0.15) is 6.04 Å². The lowest BCUT2D eigenvalue weighted by Gasteiger charge is -2.27. The third-order valence-corrected chi connectivity index (χ3v) is 4.92. The molecule has 1 rings (SSSR count). The molecule has 0 aromatic heterocycles. The van der Waals surface area contributed by atoms with E-state index in [1.807, 2.05) is 52.0 Å². The summed E-state index contributed by atoms with van der Waals surface area (Å²) in [7, 11) is 0. The molecule has 156 valence electrons. The third-order valence-electron chi connectivity index (χ3n) is 4.92. The topological polar surface area (TPSA) is 98.7 Å². The molecule has 0 aliphatic heterocycles. The number of rotatable bonds is 12. The number of carbonyl (C=O) groups is 3. The van der Waals surface area contributed by atoms with Gasteiger partial charge in [-0.1, -0.05) is 57.7 Å². The molecule has 0 fully saturated rings. The Hall–Kier alpha value is -2.41. The zero-order chi connectivity index (χ0) is 21.1. The van der Waals surface area contributed by atoms with Gasteiger partial charge in [0, 0.05) is 5.69 Å². The monoisotopic (exact) mass is 391 g/mol. The number of hydrogen-bond acceptors (Lipinski definition) is 4. The molecule has 0 bridgehead atoms. The number of nitrogens with zero attached hydrogens (tertiary/aromatic N) is 1. The molecule has 1 aromatic rings. The fourth-order valence-electron chi connectivity index (χ4n) is 2.85. The zero-order valence-corrected chi connectivity index (χ0v) is 17.3. The van der Waals surface area contributed by atoms with Crippen molar-refractivity contribution in [2.45, 2.75) is 59.4 Å². The minimum Gasteiger partial charge on any atom is -0.344 e. The van der Waals surface area contributed by atoms with Crippen molar-refractivity contribution in [3.8, 4) is 0 Å². The molecule has 0 aliphatic carbocycles. The molecule has 0 radical (unpaired) electrons. The van der Waals surface area contributed by atoms with Gasteiger partial charge in [-0.2, -0.15) is 0 Å². The van der Waals surface area contributed by atoms with Crippen LogP contribution in [0.3, 0.4) is 0 Å². The lowest BCUT2D eigenvalue weighted by atomic mass is 9.95. The van der Waals surface area contributed by atoms with E-state index in [-0.39, 0.29) is 30.7 Å². The van der Waals surface area contributed by atoms with Crippen molar-refractivity contribution in [1.82, 2.24) is 10.4 Å². The van der Waals surface area contributed by atoms with Crippen LogP contribution in [0.15, 0.2) is 24.3 Å². The van der Waals surface area contributed by atoms with E-state index in [4.69, 9.17) is 0 Å². The number of hydroxylamine groups is 2. The van der Waals surface area contributed by atoms with Crippen LogP contribution in [-0.2, 0) is 14.4 Å². The lowest BCUT2D eigenvalue weighted by molar-refractivity contribution is -0.155. The van der Waals surface area contributed by atoms with Crippen molar-refractivity contribution in [1.29, 1.82) is 0 Å². The average molecular weight is 392 g/mol. The molecule has 0 saturated carbocycles. The first-order valence-corrected chi connectivity index (χ1v) is 9.91. The molecule has 7 nitrogen and oxygen atoms in total. The number of anilines is 1. The van der Waals surface area contributed by atoms with E-state index in [1.165, 1.54) is 0 Å². The highest BCUT2D eigenvalue weighted by atomic mass is 16.5. The van der Waals surface area contributed by atoms with Crippen molar-refractivity contribution in [3.05, 3.63) is 29.8 Å². The summed E-state index contributed by atoms with van der Waals surface area (Å²) in [5.74, 6) is -1.26. The van der Waals surface area contributed by atoms with Gasteiger partial charge in [-0.25, -0.2) is 5.06 Å². The SMILES string of the molecule is CCCC[C@H](CN(O)C=O)C(=O)N[C@H](C(=O)Nc1ccc(C)cc1)C(C)CC. The fraction of sp³-hybridized carbons (Fsp3) is 0.571. The van der Waals surface area contributed by atoms with Gasteiger partial charge in [0.25, 0.3) is 0 Å². The predicted octanol–water partition coefficient (Wildman–Crippen LogP) is 3.12. The van der Waals surface area contributed by atoms with E-state index in [1.54, 1.807) is 0 Å². The number of aryl methyl sites for hydroxylation is 1. The standard InChI is InChI=1S/C21H33N3O4/c1-5-7-8-17(13-24(28)14-25)20(26)23-19(16(4)6-2)21(27)22-18-11-9-15(3)10-12-18/h9-12,14,16-17,19,28H,5-8,13H2,1-4H3,(H,22,27)(H,23,26)/t16?,17-,19+/m1/s1. The van der Waals surface area contributed by atoms with E-state index in [2.05, 4.69) is 10.6 Å². The minimum atomic E-state index is -0.702. The predicted molar refractivity (Wildman–Crippen MR) is 109 cm³/mol. The highest BCUT2D eigenvalue weighted by molar-refractivity contribution is 5.97. The normalized spacial score (nSPS) is 13.9. The van der Waals surface area contributed by atoms with Crippen LogP contribution in [0, 0.1) is 18.8 Å². The number of carbonyl (C=O) groups excluding carboxylic acids is 3. The summed E-state index contributed by atoms with van der Waals surface area (Å²) in [6.45, 7) is 7.74. The van der Waals surface area contributed by atoms with Gasteiger partial charge >= 0.3 is 0 Å². The molecule has 0 aliphatic rings. The van der Waals surface area contributed by atoms with E-state index < -0.39 is 12.0 Å². The van der Waals surface area contributed by atoms with Crippen LogP contribution < -0.4 is 10.6 Å². The zero-order valence-electron chi connectivity index (χ0n) is 17.3. The summed E-state index contributed by atoms with van der Waals surface area (Å²) in [4.78, 5) is 36.3. The summed E-state index contributed by atoms with van der Waals surface area (Å²) >= 11 is 0. The number of nitrogens with one attached hydrogen (secondary N) is 2. The van der Waals surface area contributed by atoms with Crippen molar-refractivity contribution in [2.24, 2.45) is 11.8 Å². The number of benzene rings is 1. The Morgan fingerprint density at radius 3 is 2.36 bits per heavy atom. The Morgan fingerprint density at radius 1 is 1.18 bits per heavy atom. The van der Waals surface area contributed by atoms with Crippen molar-refractivity contribution in [3.63, 3.8) is 0 Å². The highest BCUT2D eigenvalue weighted by Gasteiger charge is 2.29. The van der Waals surface area contributed by atoms with Crippen LogP contribution in [0.1, 0.15) is 52.0 Å². The van der Waals surface area contributed by atoms with Crippen molar-refractivity contribution >= 4 is 23.9 Å². The van der Waals surface area contributed by atoms with E-state index in [0.717, 1.165) is 18.4 Å². The second-order valence-corrected chi connectivity index (χ2v) is 7.29. The van der Waals surface area contributed by atoms with Gasteiger partial charge < -0.3 is 10.6 Å². The van der Waals surface area contributed by atoms with Crippen molar-refractivity contribution < 1.29 is 19.6 Å². The molecule has 1 aromatic carbocycles. The minimum absolute atomic E-state index is 0.0717. The molecule has 3 atom stereocenters. The van der Waals surface area contributed by atoms with Gasteiger partial charge in [-0.3, -0.25) is 19.6 Å². The molecule has 0 spiro atoms. The van der Waals surface area contributed by atoms with Crippen LogP contribution in [0.2, 0.25) is 0 Å². The first kappa shape index (κ1) is 23.6. The summed E-state index contributed by atoms with van der Waals surface area (Å²) < 4.78 is 0.